The molecule has 1 aliphatic carbocycles. The second-order valence-electron chi connectivity index (χ2n) is 7.04. The van der Waals surface area contributed by atoms with E-state index in [1.54, 1.807) is 0 Å². The predicted octanol–water partition coefficient (Wildman–Crippen LogP) is 1.76. The summed E-state index contributed by atoms with van der Waals surface area (Å²) in [6.45, 7) is 0. The van der Waals surface area contributed by atoms with E-state index in [0.29, 0.717) is 18.7 Å². The van der Waals surface area contributed by atoms with E-state index in [1.165, 1.54) is 10.6 Å². The molecular formula is C19H17N5O3. The molecule has 136 valence electrons. The van der Waals surface area contributed by atoms with Crippen LogP contribution in [0.1, 0.15) is 25.7 Å². The summed E-state index contributed by atoms with van der Waals surface area (Å²) in [5, 5.41) is 4.44. The van der Waals surface area contributed by atoms with Crippen LogP contribution in [0.25, 0.3) is 17.2 Å². The largest absolute Gasteiger partial charge is 0.291 e. The molecule has 1 saturated heterocycles. The van der Waals surface area contributed by atoms with Crippen LogP contribution in [0.15, 0.2) is 41.2 Å². The highest BCUT2D eigenvalue weighted by atomic mass is 16.2. The van der Waals surface area contributed by atoms with Gasteiger partial charge >= 0.3 is 0 Å². The number of amides is 2. The van der Waals surface area contributed by atoms with Gasteiger partial charge in [-0.3, -0.25) is 19.4 Å². The molecule has 1 aromatic carbocycles. The number of imide groups is 1. The lowest BCUT2D eigenvalue weighted by molar-refractivity contribution is -0.122. The fourth-order valence-electron chi connectivity index (χ4n) is 4.13. The summed E-state index contributed by atoms with van der Waals surface area (Å²) < 4.78 is 1.37. The molecule has 5 rings (SSSR count). The standard InChI is InChI=1S/C19H17N5O3/c25-14-10-15(23-17(26)12-8-4-5-9-13(12)18(23)27)24-19(20-14)21-16(22-24)11-6-2-1-3-7-11/h1-3,6-7,10,12-13H,4-5,8-9H2,(H,20,21,22,25)/t12-,13-/m1/s1. The molecule has 0 radical (unpaired) electrons. The molecule has 8 nitrogen and oxygen atoms in total. The van der Waals surface area contributed by atoms with Crippen LogP contribution in [-0.2, 0) is 9.59 Å². The summed E-state index contributed by atoms with van der Waals surface area (Å²) >= 11 is 0. The summed E-state index contributed by atoms with van der Waals surface area (Å²) in [7, 11) is 0. The average Bonchev–Trinajstić information content (AvgIpc) is 3.22. The third-order valence-corrected chi connectivity index (χ3v) is 5.42. The third-order valence-electron chi connectivity index (χ3n) is 5.42. The van der Waals surface area contributed by atoms with Crippen LogP contribution < -0.4 is 10.5 Å². The molecule has 2 fully saturated rings. The van der Waals surface area contributed by atoms with Gasteiger partial charge in [-0.15, -0.1) is 5.10 Å². The Morgan fingerprint density at radius 1 is 0.963 bits per heavy atom. The van der Waals surface area contributed by atoms with Crippen molar-refractivity contribution in [3.05, 3.63) is 46.8 Å². The van der Waals surface area contributed by atoms with Crippen LogP contribution >= 0.6 is 0 Å². The molecule has 1 N–H and O–H groups in total. The fourth-order valence-corrected chi connectivity index (χ4v) is 4.13. The van der Waals surface area contributed by atoms with Crippen molar-refractivity contribution in [2.75, 3.05) is 4.90 Å². The summed E-state index contributed by atoms with van der Waals surface area (Å²) in [5.74, 6) is -0.299. The predicted molar refractivity (Wildman–Crippen MR) is 97.0 cm³/mol. The van der Waals surface area contributed by atoms with Crippen molar-refractivity contribution in [1.29, 1.82) is 0 Å². The van der Waals surface area contributed by atoms with Gasteiger partial charge in [-0.1, -0.05) is 43.2 Å². The highest BCUT2D eigenvalue weighted by Crippen LogP contribution is 2.39. The van der Waals surface area contributed by atoms with Gasteiger partial charge < -0.3 is 0 Å². The Morgan fingerprint density at radius 2 is 1.63 bits per heavy atom. The number of hydrogen-bond acceptors (Lipinski definition) is 5. The number of H-pyrrole nitrogens is 1. The van der Waals surface area contributed by atoms with Crippen LogP contribution in [-0.4, -0.2) is 31.4 Å². The summed E-state index contributed by atoms with van der Waals surface area (Å²) in [6.07, 6.45) is 3.32. The lowest BCUT2D eigenvalue weighted by atomic mass is 9.81. The van der Waals surface area contributed by atoms with Crippen molar-refractivity contribution in [2.24, 2.45) is 11.8 Å². The molecule has 2 aliphatic rings. The van der Waals surface area contributed by atoms with Crippen LogP contribution in [0.5, 0.6) is 0 Å². The lowest BCUT2D eigenvalue weighted by Gasteiger charge is -2.19. The number of aromatic amines is 1. The van der Waals surface area contributed by atoms with Gasteiger partial charge in [-0.25, -0.2) is 4.90 Å². The van der Waals surface area contributed by atoms with Crippen molar-refractivity contribution in [2.45, 2.75) is 25.7 Å². The van der Waals surface area contributed by atoms with E-state index in [-0.39, 0.29) is 35.2 Å². The SMILES string of the molecule is O=C1[C@@H]2CCCC[C@H]2C(=O)N1c1cc(=O)[nH]c2nc(-c3ccccc3)nn12. The van der Waals surface area contributed by atoms with E-state index in [1.807, 2.05) is 30.3 Å². The van der Waals surface area contributed by atoms with Crippen LogP contribution in [0, 0.1) is 11.8 Å². The Labute approximate surface area is 153 Å². The minimum atomic E-state index is -0.431. The van der Waals surface area contributed by atoms with Gasteiger partial charge in [0.2, 0.25) is 17.6 Å². The number of benzene rings is 1. The molecule has 3 heterocycles. The molecule has 1 aliphatic heterocycles. The van der Waals surface area contributed by atoms with Crippen molar-refractivity contribution in [3.8, 4) is 11.4 Å². The number of hydrogen-bond donors (Lipinski definition) is 1. The Morgan fingerprint density at radius 3 is 2.30 bits per heavy atom. The molecule has 2 amide bonds. The van der Waals surface area contributed by atoms with Gasteiger partial charge in [0, 0.05) is 11.6 Å². The van der Waals surface area contributed by atoms with Crippen LogP contribution in [0.4, 0.5) is 5.82 Å². The van der Waals surface area contributed by atoms with Crippen molar-refractivity contribution in [3.63, 3.8) is 0 Å². The zero-order valence-electron chi connectivity index (χ0n) is 14.5. The number of nitrogens with zero attached hydrogens (tertiary/aromatic N) is 4. The lowest BCUT2D eigenvalue weighted by Crippen LogP contribution is -2.34. The Bertz CT molecular complexity index is 1090. The smallest absolute Gasteiger partial charge is 0.254 e. The van der Waals surface area contributed by atoms with E-state index < -0.39 is 5.56 Å². The molecule has 0 bridgehead atoms. The highest BCUT2D eigenvalue weighted by Gasteiger charge is 2.49. The Balaban J connectivity index is 1.67. The molecule has 3 aromatic rings. The number of fused-ring (bicyclic) bond motifs is 2. The third kappa shape index (κ3) is 2.40. The quantitative estimate of drug-likeness (QED) is 0.699. The van der Waals surface area contributed by atoms with Gasteiger partial charge in [0.25, 0.3) is 5.56 Å². The summed E-state index contributed by atoms with van der Waals surface area (Å²) in [5.41, 5.74) is 0.348. The number of carbonyl (C=O) groups excluding carboxylic acids is 2. The molecule has 8 heteroatoms. The second-order valence-corrected chi connectivity index (χ2v) is 7.04. The van der Waals surface area contributed by atoms with E-state index in [4.69, 9.17) is 0 Å². The van der Waals surface area contributed by atoms with Gasteiger partial charge in [0.1, 0.15) is 0 Å². The number of nitrogens with one attached hydrogen (secondary N) is 1. The van der Waals surface area contributed by atoms with Crippen molar-refractivity contribution in [1.82, 2.24) is 19.6 Å². The van der Waals surface area contributed by atoms with E-state index in [0.717, 1.165) is 23.3 Å². The van der Waals surface area contributed by atoms with Crippen molar-refractivity contribution >= 4 is 23.4 Å². The second kappa shape index (κ2) is 5.87. The molecule has 27 heavy (non-hydrogen) atoms. The maximum atomic E-state index is 12.9. The minimum Gasteiger partial charge on any atom is -0.291 e. The minimum absolute atomic E-state index is 0.160. The van der Waals surface area contributed by atoms with Gasteiger partial charge in [0.05, 0.1) is 11.8 Å². The molecule has 0 unspecified atom stereocenters. The van der Waals surface area contributed by atoms with Crippen molar-refractivity contribution < 1.29 is 9.59 Å². The van der Waals surface area contributed by atoms with E-state index >= 15 is 0 Å². The summed E-state index contributed by atoms with van der Waals surface area (Å²) in [4.78, 5) is 46.1. The Kier molecular flexibility index (Phi) is 3.46. The maximum absolute atomic E-state index is 12.9. The monoisotopic (exact) mass is 363 g/mol. The first-order chi connectivity index (χ1) is 13.1. The zero-order valence-corrected chi connectivity index (χ0v) is 14.5. The van der Waals surface area contributed by atoms with Gasteiger partial charge in [0.15, 0.2) is 11.6 Å². The number of carbonyl (C=O) groups is 2. The molecule has 2 aromatic heterocycles. The van der Waals surface area contributed by atoms with Crippen LogP contribution in [0.2, 0.25) is 0 Å². The normalized spacial score (nSPS) is 22.4. The number of anilines is 1. The zero-order chi connectivity index (χ0) is 18.5. The first-order valence-corrected chi connectivity index (χ1v) is 9.07. The highest BCUT2D eigenvalue weighted by molar-refractivity contribution is 6.21. The van der Waals surface area contributed by atoms with E-state index in [2.05, 4.69) is 15.1 Å². The molecule has 1 saturated carbocycles. The first-order valence-electron chi connectivity index (χ1n) is 9.07. The van der Waals surface area contributed by atoms with Gasteiger partial charge in [-0.2, -0.15) is 9.50 Å². The molecule has 2 atom stereocenters. The number of aromatic nitrogens is 4. The first kappa shape index (κ1) is 15.9. The Hall–Kier alpha value is -3.29. The van der Waals surface area contributed by atoms with E-state index in [9.17, 15) is 14.4 Å². The molecule has 0 spiro atoms. The topological polar surface area (TPSA) is 100 Å². The fraction of sp³-hybridized carbons (Fsp3) is 0.316. The van der Waals surface area contributed by atoms with Gasteiger partial charge in [-0.05, 0) is 12.8 Å². The summed E-state index contributed by atoms with van der Waals surface area (Å²) in [6, 6.07) is 10.6. The number of rotatable bonds is 2. The molecular weight excluding hydrogens is 346 g/mol. The average molecular weight is 363 g/mol. The van der Waals surface area contributed by atoms with Crippen LogP contribution in [0.3, 0.4) is 0 Å². The maximum Gasteiger partial charge on any atom is 0.254 e.